The molecule has 25 heavy (non-hydrogen) atoms. The Morgan fingerprint density at radius 1 is 1.04 bits per heavy atom. The molecule has 1 amide bonds. The number of amides is 1. The first kappa shape index (κ1) is 17.3. The maximum Gasteiger partial charge on any atom is 0.273 e. The van der Waals surface area contributed by atoms with Crippen molar-refractivity contribution in [1.29, 1.82) is 0 Å². The van der Waals surface area contributed by atoms with Crippen molar-refractivity contribution in [1.82, 2.24) is 10.3 Å². The molecule has 3 rings (SSSR count). The molecule has 2 aromatic rings. The van der Waals surface area contributed by atoms with E-state index in [9.17, 15) is 9.90 Å². The molecule has 1 atom stereocenters. The van der Waals surface area contributed by atoms with Crippen LogP contribution in [0.4, 0.5) is 0 Å². The summed E-state index contributed by atoms with van der Waals surface area (Å²) >= 11 is 0. The van der Waals surface area contributed by atoms with Crippen LogP contribution >= 0.6 is 0 Å². The zero-order valence-corrected chi connectivity index (χ0v) is 14.1. The molecule has 1 aliphatic heterocycles. The topological polar surface area (TPSA) is 64.9 Å². The fourth-order valence-corrected chi connectivity index (χ4v) is 2.90. The zero-order chi connectivity index (χ0) is 17.5. The van der Waals surface area contributed by atoms with E-state index >= 15 is 0 Å². The third-order valence-electron chi connectivity index (χ3n) is 4.37. The van der Waals surface area contributed by atoms with Crippen molar-refractivity contribution in [3.05, 3.63) is 71.8 Å². The van der Waals surface area contributed by atoms with Gasteiger partial charge in [-0.3, -0.25) is 9.69 Å². The van der Waals surface area contributed by atoms with Gasteiger partial charge in [-0.2, -0.15) is 5.10 Å². The maximum atomic E-state index is 12.0. The second-order valence-corrected chi connectivity index (χ2v) is 6.23. The van der Waals surface area contributed by atoms with Gasteiger partial charge in [0.2, 0.25) is 0 Å². The van der Waals surface area contributed by atoms with Gasteiger partial charge in [0.25, 0.3) is 5.91 Å². The lowest BCUT2D eigenvalue weighted by atomic mass is 10.1. The zero-order valence-electron chi connectivity index (χ0n) is 14.1. The number of rotatable bonds is 5. The minimum Gasteiger partial charge on any atom is -0.378 e. The van der Waals surface area contributed by atoms with E-state index in [1.807, 2.05) is 12.1 Å². The highest BCUT2D eigenvalue weighted by molar-refractivity contribution is 5.88. The van der Waals surface area contributed by atoms with Crippen LogP contribution in [0.1, 0.15) is 30.1 Å². The van der Waals surface area contributed by atoms with Crippen molar-refractivity contribution in [2.45, 2.75) is 25.5 Å². The summed E-state index contributed by atoms with van der Waals surface area (Å²) in [6.07, 6.45) is 0.465. The summed E-state index contributed by atoms with van der Waals surface area (Å²) < 4.78 is 0. The highest BCUT2D eigenvalue weighted by Gasteiger charge is 2.18. The smallest absolute Gasteiger partial charge is 0.273 e. The molecule has 0 bridgehead atoms. The van der Waals surface area contributed by atoms with Gasteiger partial charge in [-0.25, -0.2) is 5.43 Å². The molecule has 2 aromatic carbocycles. The Bertz CT molecular complexity index is 706. The largest absolute Gasteiger partial charge is 0.378 e. The number of hydrogen-bond acceptors (Lipinski definition) is 4. The Morgan fingerprint density at radius 3 is 2.28 bits per heavy atom. The molecule has 2 N–H and O–H groups in total. The minimum atomic E-state index is -1.19. The van der Waals surface area contributed by atoms with Crippen molar-refractivity contribution in [3.63, 3.8) is 0 Å². The van der Waals surface area contributed by atoms with E-state index in [-0.39, 0.29) is 0 Å². The summed E-state index contributed by atoms with van der Waals surface area (Å²) in [6.45, 7) is 2.78. The molecule has 1 fully saturated rings. The Balaban J connectivity index is 1.47. The van der Waals surface area contributed by atoms with Crippen LogP contribution in [0.2, 0.25) is 0 Å². The Hall–Kier alpha value is -2.50. The first-order chi connectivity index (χ1) is 12.2. The van der Waals surface area contributed by atoms with Crippen molar-refractivity contribution >= 4 is 11.6 Å². The molecule has 1 aliphatic rings. The van der Waals surface area contributed by atoms with E-state index < -0.39 is 12.0 Å². The van der Waals surface area contributed by atoms with Crippen molar-refractivity contribution < 1.29 is 9.90 Å². The normalized spacial score (nSPS) is 16.3. The van der Waals surface area contributed by atoms with E-state index in [4.69, 9.17) is 0 Å². The van der Waals surface area contributed by atoms with E-state index in [2.05, 4.69) is 39.7 Å². The van der Waals surface area contributed by atoms with Gasteiger partial charge in [0.15, 0.2) is 6.10 Å². The molecule has 0 unspecified atom stereocenters. The van der Waals surface area contributed by atoms with Crippen LogP contribution in [-0.2, 0) is 11.3 Å². The summed E-state index contributed by atoms with van der Waals surface area (Å²) in [7, 11) is 0. The lowest BCUT2D eigenvalue weighted by molar-refractivity contribution is -0.129. The molecule has 130 valence electrons. The number of carbonyl (C=O) groups excluding carboxylic acids is 1. The number of nitrogens with one attached hydrogen (secondary N) is 1. The lowest BCUT2D eigenvalue weighted by Crippen LogP contribution is -2.35. The average Bonchev–Trinajstić information content (AvgIpc) is 2.68. The summed E-state index contributed by atoms with van der Waals surface area (Å²) in [4.78, 5) is 14.4. The fraction of sp³-hybridized carbons (Fsp3) is 0.300. The summed E-state index contributed by atoms with van der Waals surface area (Å²) in [5, 5.41) is 14.2. The standard InChI is InChI=1S/C20H23N3O2/c24-19(17-9-5-2-6-10-17)20(25)22-21-18-11-13-23(14-12-18)15-16-7-3-1-4-8-16/h1-10,19,24H,11-15H2,(H,22,25)/t19-/m1/s1. The fourth-order valence-electron chi connectivity index (χ4n) is 2.90. The number of aliphatic hydroxyl groups excluding tert-OH is 1. The van der Waals surface area contributed by atoms with Gasteiger partial charge in [0, 0.05) is 38.2 Å². The van der Waals surface area contributed by atoms with Crippen molar-refractivity contribution in [2.75, 3.05) is 13.1 Å². The van der Waals surface area contributed by atoms with Crippen LogP contribution in [-0.4, -0.2) is 34.7 Å². The van der Waals surface area contributed by atoms with Crippen LogP contribution in [0.25, 0.3) is 0 Å². The molecule has 1 heterocycles. The summed E-state index contributed by atoms with van der Waals surface area (Å²) in [6, 6.07) is 19.3. The number of nitrogens with zero attached hydrogens (tertiary/aromatic N) is 2. The van der Waals surface area contributed by atoms with Crippen LogP contribution in [0.3, 0.4) is 0 Å². The lowest BCUT2D eigenvalue weighted by Gasteiger charge is -2.27. The molecular formula is C20H23N3O2. The molecule has 5 nitrogen and oxygen atoms in total. The molecule has 0 aromatic heterocycles. The maximum absolute atomic E-state index is 12.0. The van der Waals surface area contributed by atoms with Crippen LogP contribution in [0, 0.1) is 0 Å². The highest BCUT2D eigenvalue weighted by atomic mass is 16.3. The van der Waals surface area contributed by atoms with Gasteiger partial charge < -0.3 is 5.11 Å². The molecule has 0 aliphatic carbocycles. The number of hydrogen-bond donors (Lipinski definition) is 2. The van der Waals surface area contributed by atoms with Gasteiger partial charge in [-0.1, -0.05) is 60.7 Å². The molecule has 1 saturated heterocycles. The highest BCUT2D eigenvalue weighted by Crippen LogP contribution is 2.13. The molecule has 0 radical (unpaired) electrons. The second kappa shape index (κ2) is 8.55. The van der Waals surface area contributed by atoms with Crippen molar-refractivity contribution in [3.8, 4) is 0 Å². The summed E-state index contributed by atoms with van der Waals surface area (Å²) in [5.41, 5.74) is 5.34. The van der Waals surface area contributed by atoms with Crippen LogP contribution in [0.5, 0.6) is 0 Å². The van der Waals surface area contributed by atoms with Crippen LogP contribution < -0.4 is 5.43 Å². The number of hydrazone groups is 1. The van der Waals surface area contributed by atoms with Gasteiger partial charge in [0.1, 0.15) is 0 Å². The second-order valence-electron chi connectivity index (χ2n) is 6.23. The van der Waals surface area contributed by atoms with Gasteiger partial charge in [-0.15, -0.1) is 0 Å². The monoisotopic (exact) mass is 337 g/mol. The summed E-state index contributed by atoms with van der Waals surface area (Å²) in [5.74, 6) is -0.495. The first-order valence-corrected chi connectivity index (χ1v) is 8.57. The third kappa shape index (κ3) is 4.98. The predicted octanol–water partition coefficient (Wildman–Crippen LogP) is 2.49. The predicted molar refractivity (Wildman–Crippen MR) is 97.9 cm³/mol. The van der Waals surface area contributed by atoms with E-state index in [0.717, 1.165) is 38.2 Å². The van der Waals surface area contributed by atoms with E-state index in [1.54, 1.807) is 24.3 Å². The Labute approximate surface area is 148 Å². The molecular weight excluding hydrogens is 314 g/mol. The van der Waals surface area contributed by atoms with E-state index in [0.29, 0.717) is 5.56 Å². The average molecular weight is 337 g/mol. The molecule has 0 spiro atoms. The minimum absolute atomic E-state index is 0.495. The van der Waals surface area contributed by atoms with Gasteiger partial charge >= 0.3 is 0 Å². The van der Waals surface area contributed by atoms with Gasteiger partial charge in [0.05, 0.1) is 0 Å². The molecule has 5 heteroatoms. The quantitative estimate of drug-likeness (QED) is 0.824. The first-order valence-electron chi connectivity index (χ1n) is 8.57. The van der Waals surface area contributed by atoms with Gasteiger partial charge in [-0.05, 0) is 11.1 Å². The number of carbonyl (C=O) groups is 1. The number of benzene rings is 2. The Morgan fingerprint density at radius 2 is 1.64 bits per heavy atom. The van der Waals surface area contributed by atoms with Crippen LogP contribution in [0.15, 0.2) is 65.8 Å². The van der Waals surface area contributed by atoms with E-state index in [1.165, 1.54) is 5.56 Å². The number of likely N-dealkylation sites (tertiary alicyclic amines) is 1. The Kier molecular flexibility index (Phi) is 5.93. The SMILES string of the molecule is O=C(NN=C1CCN(Cc2ccccc2)CC1)[C@H](O)c1ccccc1. The number of aliphatic hydroxyl groups is 1. The third-order valence-corrected chi connectivity index (χ3v) is 4.37. The van der Waals surface area contributed by atoms with Crippen molar-refractivity contribution in [2.24, 2.45) is 5.10 Å². The molecule has 0 saturated carbocycles. The number of piperidine rings is 1.